The van der Waals surface area contributed by atoms with Crippen molar-refractivity contribution in [3.8, 4) is 0 Å². The lowest BCUT2D eigenvalue weighted by Crippen LogP contribution is -2.09. The lowest BCUT2D eigenvalue weighted by atomic mass is 10.2. The van der Waals surface area contributed by atoms with Gasteiger partial charge < -0.3 is 4.74 Å². The molecule has 0 aliphatic heterocycles. The van der Waals surface area contributed by atoms with E-state index in [1.807, 2.05) is 0 Å². The Bertz CT molecular complexity index is 85.9. The topological polar surface area (TPSA) is 9.23 Å². The van der Waals surface area contributed by atoms with Crippen molar-refractivity contribution < 1.29 is 4.74 Å². The number of rotatable bonds is 8. The van der Waals surface area contributed by atoms with Gasteiger partial charge in [0, 0.05) is 11.9 Å². The molecule has 0 saturated carbocycles. The standard InChI is InChI=1S/C10H22OS/c1-3-5-6-8-11-9-10(12)7-4-2/h10,12H,3-9H2,1-2H3. The molecule has 0 amide bonds. The molecule has 0 radical (unpaired) electrons. The first-order chi connectivity index (χ1) is 5.81. The quantitative estimate of drug-likeness (QED) is 0.456. The molecular formula is C10H22OS. The normalized spacial score (nSPS) is 13.2. The SMILES string of the molecule is CCCCCOCC(S)CCC. The Balaban J connectivity index is 2.97. The minimum atomic E-state index is 0.441. The van der Waals surface area contributed by atoms with Gasteiger partial charge in [0.05, 0.1) is 6.61 Å². The summed E-state index contributed by atoms with van der Waals surface area (Å²) in [5.41, 5.74) is 0. The summed E-state index contributed by atoms with van der Waals surface area (Å²) >= 11 is 4.41. The molecule has 0 aromatic carbocycles. The molecule has 0 aliphatic carbocycles. The summed E-state index contributed by atoms with van der Waals surface area (Å²) in [7, 11) is 0. The third kappa shape index (κ3) is 8.41. The first-order valence-electron chi connectivity index (χ1n) is 5.07. The largest absolute Gasteiger partial charge is 0.380 e. The fraction of sp³-hybridized carbons (Fsp3) is 1.00. The van der Waals surface area contributed by atoms with Crippen LogP contribution in [0.1, 0.15) is 46.0 Å². The van der Waals surface area contributed by atoms with Crippen LogP contribution in [-0.4, -0.2) is 18.5 Å². The Morgan fingerprint density at radius 1 is 1.17 bits per heavy atom. The Morgan fingerprint density at radius 2 is 1.92 bits per heavy atom. The molecule has 0 aliphatic rings. The second kappa shape index (κ2) is 9.40. The van der Waals surface area contributed by atoms with E-state index < -0.39 is 0 Å². The zero-order chi connectivity index (χ0) is 9.23. The zero-order valence-corrected chi connectivity index (χ0v) is 9.28. The zero-order valence-electron chi connectivity index (χ0n) is 8.38. The summed E-state index contributed by atoms with van der Waals surface area (Å²) in [4.78, 5) is 0. The number of hydrogen-bond acceptors (Lipinski definition) is 2. The van der Waals surface area contributed by atoms with Crippen molar-refractivity contribution in [2.24, 2.45) is 0 Å². The highest BCUT2D eigenvalue weighted by Gasteiger charge is 2.00. The van der Waals surface area contributed by atoms with Crippen molar-refractivity contribution in [1.82, 2.24) is 0 Å². The molecule has 0 N–H and O–H groups in total. The fourth-order valence-corrected chi connectivity index (χ4v) is 1.45. The summed E-state index contributed by atoms with van der Waals surface area (Å²) < 4.78 is 5.47. The molecule has 0 heterocycles. The maximum atomic E-state index is 5.47. The molecular weight excluding hydrogens is 168 g/mol. The first kappa shape index (κ1) is 12.3. The third-order valence-electron chi connectivity index (χ3n) is 1.82. The van der Waals surface area contributed by atoms with Crippen LogP contribution in [0.3, 0.4) is 0 Å². The van der Waals surface area contributed by atoms with Gasteiger partial charge in [0.15, 0.2) is 0 Å². The summed E-state index contributed by atoms with van der Waals surface area (Å²) in [5.74, 6) is 0. The van der Waals surface area contributed by atoms with E-state index in [1.165, 1.54) is 25.7 Å². The van der Waals surface area contributed by atoms with Gasteiger partial charge in [0.1, 0.15) is 0 Å². The van der Waals surface area contributed by atoms with Gasteiger partial charge in [-0.1, -0.05) is 33.1 Å². The van der Waals surface area contributed by atoms with Gasteiger partial charge in [-0.15, -0.1) is 0 Å². The van der Waals surface area contributed by atoms with Gasteiger partial charge in [0.2, 0.25) is 0 Å². The first-order valence-corrected chi connectivity index (χ1v) is 5.58. The van der Waals surface area contributed by atoms with Crippen LogP contribution in [0.5, 0.6) is 0 Å². The van der Waals surface area contributed by atoms with Crippen molar-refractivity contribution in [2.45, 2.75) is 51.2 Å². The highest BCUT2D eigenvalue weighted by Crippen LogP contribution is 2.05. The molecule has 74 valence electrons. The highest BCUT2D eigenvalue weighted by molar-refractivity contribution is 7.81. The molecule has 1 nitrogen and oxygen atoms in total. The Labute approximate surface area is 82.3 Å². The van der Waals surface area contributed by atoms with E-state index in [-0.39, 0.29) is 0 Å². The van der Waals surface area contributed by atoms with Crippen LogP contribution in [0.15, 0.2) is 0 Å². The van der Waals surface area contributed by atoms with E-state index in [9.17, 15) is 0 Å². The van der Waals surface area contributed by atoms with Crippen molar-refractivity contribution >= 4 is 12.6 Å². The average Bonchev–Trinajstić information content (AvgIpc) is 2.05. The van der Waals surface area contributed by atoms with Crippen LogP contribution in [-0.2, 0) is 4.74 Å². The van der Waals surface area contributed by atoms with Gasteiger partial charge in [-0.05, 0) is 12.8 Å². The van der Waals surface area contributed by atoms with Crippen LogP contribution < -0.4 is 0 Å². The molecule has 0 aromatic rings. The number of unbranched alkanes of at least 4 members (excludes halogenated alkanes) is 2. The van der Waals surface area contributed by atoms with Crippen LogP contribution in [0, 0.1) is 0 Å². The molecule has 1 unspecified atom stereocenters. The van der Waals surface area contributed by atoms with Crippen LogP contribution in [0.2, 0.25) is 0 Å². The summed E-state index contributed by atoms with van der Waals surface area (Å²) in [6, 6.07) is 0. The monoisotopic (exact) mass is 190 g/mol. The molecule has 0 bridgehead atoms. The van der Waals surface area contributed by atoms with E-state index >= 15 is 0 Å². The Kier molecular flexibility index (Phi) is 9.64. The minimum Gasteiger partial charge on any atom is -0.380 e. The molecule has 0 spiro atoms. The number of hydrogen-bond donors (Lipinski definition) is 1. The lowest BCUT2D eigenvalue weighted by molar-refractivity contribution is 0.130. The maximum Gasteiger partial charge on any atom is 0.0582 e. The van der Waals surface area contributed by atoms with Crippen molar-refractivity contribution in [3.05, 3.63) is 0 Å². The molecule has 0 rings (SSSR count). The van der Waals surface area contributed by atoms with Gasteiger partial charge in [0.25, 0.3) is 0 Å². The Hall–Kier alpha value is 0.310. The van der Waals surface area contributed by atoms with Crippen LogP contribution in [0.25, 0.3) is 0 Å². The summed E-state index contributed by atoms with van der Waals surface area (Å²) in [6.07, 6.45) is 6.11. The van der Waals surface area contributed by atoms with Crippen LogP contribution in [0.4, 0.5) is 0 Å². The summed E-state index contributed by atoms with van der Waals surface area (Å²) in [6.45, 7) is 6.12. The van der Waals surface area contributed by atoms with Gasteiger partial charge >= 0.3 is 0 Å². The lowest BCUT2D eigenvalue weighted by Gasteiger charge is -2.09. The number of thiol groups is 1. The predicted molar refractivity (Wildman–Crippen MR) is 58.0 cm³/mol. The smallest absolute Gasteiger partial charge is 0.0582 e. The van der Waals surface area contributed by atoms with Crippen LogP contribution >= 0.6 is 12.6 Å². The molecule has 0 saturated heterocycles. The highest BCUT2D eigenvalue weighted by atomic mass is 32.1. The fourth-order valence-electron chi connectivity index (χ4n) is 1.09. The van der Waals surface area contributed by atoms with E-state index in [4.69, 9.17) is 4.74 Å². The van der Waals surface area contributed by atoms with Crippen molar-refractivity contribution in [3.63, 3.8) is 0 Å². The van der Waals surface area contributed by atoms with Gasteiger partial charge in [-0.3, -0.25) is 0 Å². The predicted octanol–water partition coefficient (Wildman–Crippen LogP) is 3.29. The minimum absolute atomic E-state index is 0.441. The third-order valence-corrected chi connectivity index (χ3v) is 2.23. The van der Waals surface area contributed by atoms with Gasteiger partial charge in [-0.25, -0.2) is 0 Å². The molecule has 12 heavy (non-hydrogen) atoms. The van der Waals surface area contributed by atoms with E-state index in [2.05, 4.69) is 26.5 Å². The molecule has 1 atom stereocenters. The molecule has 0 aromatic heterocycles. The summed E-state index contributed by atoms with van der Waals surface area (Å²) in [5, 5.41) is 0.441. The molecule has 0 fully saturated rings. The maximum absolute atomic E-state index is 5.47. The van der Waals surface area contributed by atoms with Gasteiger partial charge in [-0.2, -0.15) is 12.6 Å². The molecule has 2 heteroatoms. The average molecular weight is 190 g/mol. The van der Waals surface area contributed by atoms with E-state index in [0.29, 0.717) is 5.25 Å². The van der Waals surface area contributed by atoms with Crippen molar-refractivity contribution in [1.29, 1.82) is 0 Å². The second-order valence-electron chi connectivity index (χ2n) is 3.22. The van der Waals surface area contributed by atoms with Crippen molar-refractivity contribution in [2.75, 3.05) is 13.2 Å². The second-order valence-corrected chi connectivity index (χ2v) is 3.95. The Morgan fingerprint density at radius 3 is 2.50 bits per heavy atom. The van der Waals surface area contributed by atoms with E-state index in [1.54, 1.807) is 0 Å². The number of ether oxygens (including phenoxy) is 1. The van der Waals surface area contributed by atoms with E-state index in [0.717, 1.165) is 19.6 Å².